The Balaban J connectivity index is 1.82. The predicted molar refractivity (Wildman–Crippen MR) is 82.8 cm³/mol. The molecular formula is C16H25ClN2. The van der Waals surface area contributed by atoms with E-state index in [-0.39, 0.29) is 0 Å². The van der Waals surface area contributed by atoms with Crippen molar-refractivity contribution in [1.82, 2.24) is 10.2 Å². The lowest BCUT2D eigenvalue weighted by Crippen LogP contribution is -2.42. The third kappa shape index (κ3) is 4.79. The van der Waals surface area contributed by atoms with E-state index in [4.69, 9.17) is 11.6 Å². The Hall–Kier alpha value is -0.570. The maximum Gasteiger partial charge on any atom is 0.0409 e. The highest BCUT2D eigenvalue weighted by molar-refractivity contribution is 6.30. The van der Waals surface area contributed by atoms with E-state index in [1.54, 1.807) is 0 Å². The minimum Gasteiger partial charge on any atom is -0.306 e. The van der Waals surface area contributed by atoms with Crippen LogP contribution in [0.5, 0.6) is 0 Å². The molecule has 0 bridgehead atoms. The lowest BCUT2D eigenvalue weighted by Gasteiger charge is -2.30. The summed E-state index contributed by atoms with van der Waals surface area (Å²) in [5.74, 6) is 0. The summed E-state index contributed by atoms with van der Waals surface area (Å²) in [5, 5.41) is 4.48. The molecule has 1 aromatic carbocycles. The van der Waals surface area contributed by atoms with Crippen LogP contribution in [0.15, 0.2) is 24.3 Å². The van der Waals surface area contributed by atoms with Crippen LogP contribution >= 0.6 is 11.6 Å². The fourth-order valence-electron chi connectivity index (χ4n) is 2.88. The van der Waals surface area contributed by atoms with E-state index in [9.17, 15) is 0 Å². The number of nitrogens with one attached hydrogen (secondary N) is 1. The molecule has 1 fully saturated rings. The van der Waals surface area contributed by atoms with Crippen molar-refractivity contribution < 1.29 is 0 Å². The van der Waals surface area contributed by atoms with Crippen molar-refractivity contribution in [3.8, 4) is 0 Å². The molecule has 0 aromatic heterocycles. The Morgan fingerprint density at radius 3 is 2.63 bits per heavy atom. The molecule has 1 aromatic rings. The predicted octanol–water partition coefficient (Wildman–Crippen LogP) is 3.87. The number of benzene rings is 1. The normalized spacial score (nSPS) is 20.2. The highest BCUT2D eigenvalue weighted by Crippen LogP contribution is 2.18. The summed E-state index contributed by atoms with van der Waals surface area (Å²) in [5.41, 5.74) is 1.26. The molecule has 106 valence electrons. The molecule has 1 aliphatic rings. The molecule has 2 rings (SSSR count). The molecule has 0 radical (unpaired) electrons. The molecule has 1 saturated heterocycles. The molecular weight excluding hydrogens is 256 g/mol. The Morgan fingerprint density at radius 1 is 1.21 bits per heavy atom. The van der Waals surface area contributed by atoms with Gasteiger partial charge in [0.25, 0.3) is 0 Å². The number of halogens is 1. The fourth-order valence-corrected chi connectivity index (χ4v) is 3.08. The fraction of sp³-hybridized carbons (Fsp3) is 0.625. The Labute approximate surface area is 122 Å². The van der Waals surface area contributed by atoms with E-state index in [0.29, 0.717) is 12.1 Å². The van der Waals surface area contributed by atoms with Gasteiger partial charge in [0.05, 0.1) is 0 Å². The average molecular weight is 281 g/mol. The number of piperidine rings is 1. The summed E-state index contributed by atoms with van der Waals surface area (Å²) in [6, 6.07) is 8.98. The van der Waals surface area contributed by atoms with E-state index in [2.05, 4.69) is 30.1 Å². The zero-order chi connectivity index (χ0) is 13.7. The van der Waals surface area contributed by atoms with Crippen LogP contribution in [0.25, 0.3) is 0 Å². The molecule has 0 spiro atoms. The molecule has 3 heteroatoms. The summed E-state index contributed by atoms with van der Waals surface area (Å²) in [6.45, 7) is 8.15. The monoisotopic (exact) mass is 280 g/mol. The Bertz CT molecular complexity index is 388. The van der Waals surface area contributed by atoms with Gasteiger partial charge in [0, 0.05) is 23.7 Å². The van der Waals surface area contributed by atoms with E-state index < -0.39 is 0 Å². The Morgan fingerprint density at radius 2 is 1.95 bits per heavy atom. The van der Waals surface area contributed by atoms with Gasteiger partial charge in [-0.2, -0.15) is 0 Å². The van der Waals surface area contributed by atoms with Gasteiger partial charge in [0.2, 0.25) is 0 Å². The minimum atomic E-state index is 0.346. The van der Waals surface area contributed by atoms with Crippen molar-refractivity contribution >= 4 is 11.6 Å². The second-order valence-electron chi connectivity index (χ2n) is 5.71. The summed E-state index contributed by atoms with van der Waals surface area (Å²) in [4.78, 5) is 2.58. The van der Waals surface area contributed by atoms with Crippen LogP contribution in [0.2, 0.25) is 5.02 Å². The summed E-state index contributed by atoms with van der Waals surface area (Å²) in [6.07, 6.45) is 4.12. The lowest BCUT2D eigenvalue weighted by molar-refractivity contribution is 0.205. The molecule has 0 aliphatic carbocycles. The largest absolute Gasteiger partial charge is 0.306 e. The number of hydrogen-bond donors (Lipinski definition) is 1. The molecule has 1 heterocycles. The van der Waals surface area contributed by atoms with Crippen LogP contribution in [0, 0.1) is 0 Å². The van der Waals surface area contributed by atoms with Crippen molar-refractivity contribution in [2.45, 2.75) is 45.2 Å². The van der Waals surface area contributed by atoms with E-state index in [1.807, 2.05) is 18.2 Å². The van der Waals surface area contributed by atoms with Gasteiger partial charge in [-0.25, -0.2) is 0 Å². The SMILES string of the molecule is CC(CN1CCCCC1)NC(C)c1cccc(Cl)c1. The molecule has 1 N–H and O–H groups in total. The number of rotatable bonds is 5. The van der Waals surface area contributed by atoms with Gasteiger partial charge in [-0.3, -0.25) is 0 Å². The van der Waals surface area contributed by atoms with Gasteiger partial charge in [0.15, 0.2) is 0 Å². The Kier molecular flexibility index (Phi) is 5.68. The van der Waals surface area contributed by atoms with Crippen LogP contribution in [0.3, 0.4) is 0 Å². The first-order valence-electron chi connectivity index (χ1n) is 7.39. The second-order valence-corrected chi connectivity index (χ2v) is 6.14. The minimum absolute atomic E-state index is 0.346. The maximum absolute atomic E-state index is 6.05. The maximum atomic E-state index is 6.05. The van der Waals surface area contributed by atoms with Crippen LogP contribution < -0.4 is 5.32 Å². The van der Waals surface area contributed by atoms with Crippen LogP contribution in [0.1, 0.15) is 44.7 Å². The highest BCUT2D eigenvalue weighted by atomic mass is 35.5. The van der Waals surface area contributed by atoms with Gasteiger partial charge >= 0.3 is 0 Å². The first-order valence-corrected chi connectivity index (χ1v) is 7.77. The first-order chi connectivity index (χ1) is 9.15. The van der Waals surface area contributed by atoms with E-state index in [1.165, 1.54) is 37.9 Å². The number of hydrogen-bond acceptors (Lipinski definition) is 2. The highest BCUT2D eigenvalue weighted by Gasteiger charge is 2.15. The zero-order valence-corrected chi connectivity index (χ0v) is 12.8. The van der Waals surface area contributed by atoms with Crippen molar-refractivity contribution in [3.63, 3.8) is 0 Å². The standard InChI is InChI=1S/C16H25ClN2/c1-13(12-19-9-4-3-5-10-19)18-14(2)15-7-6-8-16(17)11-15/h6-8,11,13-14,18H,3-5,9-10,12H2,1-2H3. The van der Waals surface area contributed by atoms with Crippen molar-refractivity contribution in [3.05, 3.63) is 34.9 Å². The van der Waals surface area contributed by atoms with Crippen molar-refractivity contribution in [2.24, 2.45) is 0 Å². The van der Waals surface area contributed by atoms with Gasteiger partial charge in [-0.15, -0.1) is 0 Å². The second kappa shape index (κ2) is 7.28. The molecule has 2 unspecified atom stereocenters. The van der Waals surface area contributed by atoms with Crippen molar-refractivity contribution in [1.29, 1.82) is 0 Å². The molecule has 0 saturated carbocycles. The molecule has 0 amide bonds. The van der Waals surface area contributed by atoms with Gasteiger partial charge in [-0.05, 0) is 57.5 Å². The average Bonchev–Trinajstić information content (AvgIpc) is 2.39. The number of nitrogens with zero attached hydrogens (tertiary/aromatic N) is 1. The van der Waals surface area contributed by atoms with E-state index in [0.717, 1.165) is 11.6 Å². The third-order valence-electron chi connectivity index (χ3n) is 3.86. The summed E-state index contributed by atoms with van der Waals surface area (Å²) >= 11 is 6.05. The summed E-state index contributed by atoms with van der Waals surface area (Å²) in [7, 11) is 0. The quantitative estimate of drug-likeness (QED) is 0.881. The van der Waals surface area contributed by atoms with Gasteiger partial charge in [0.1, 0.15) is 0 Å². The van der Waals surface area contributed by atoms with Gasteiger partial charge < -0.3 is 10.2 Å². The molecule has 19 heavy (non-hydrogen) atoms. The zero-order valence-electron chi connectivity index (χ0n) is 12.0. The molecule has 2 nitrogen and oxygen atoms in total. The van der Waals surface area contributed by atoms with Crippen LogP contribution in [0.4, 0.5) is 0 Å². The topological polar surface area (TPSA) is 15.3 Å². The lowest BCUT2D eigenvalue weighted by atomic mass is 10.1. The number of likely N-dealkylation sites (tertiary alicyclic amines) is 1. The van der Waals surface area contributed by atoms with Crippen molar-refractivity contribution in [2.75, 3.05) is 19.6 Å². The first kappa shape index (κ1) is 14.8. The molecule has 1 aliphatic heterocycles. The molecule has 2 atom stereocenters. The summed E-state index contributed by atoms with van der Waals surface area (Å²) < 4.78 is 0. The van der Waals surface area contributed by atoms with Crippen LogP contribution in [-0.2, 0) is 0 Å². The third-order valence-corrected chi connectivity index (χ3v) is 4.10. The van der Waals surface area contributed by atoms with E-state index >= 15 is 0 Å². The van der Waals surface area contributed by atoms with Crippen LogP contribution in [-0.4, -0.2) is 30.6 Å². The smallest absolute Gasteiger partial charge is 0.0409 e. The van der Waals surface area contributed by atoms with Gasteiger partial charge in [-0.1, -0.05) is 30.2 Å².